The van der Waals surface area contributed by atoms with Crippen molar-refractivity contribution in [1.29, 1.82) is 0 Å². The van der Waals surface area contributed by atoms with Gasteiger partial charge in [-0.3, -0.25) is 4.79 Å². The topological polar surface area (TPSA) is 148 Å². The molecule has 0 unspecified atom stereocenters. The fraction of sp³-hybridized carbons (Fsp3) is 0.639. The van der Waals surface area contributed by atoms with Gasteiger partial charge < -0.3 is 43.2 Å². The minimum atomic E-state index is -1.39. The number of carbonyl (C=O) groups is 2. The van der Waals surface area contributed by atoms with Gasteiger partial charge in [0.1, 0.15) is 23.9 Å². The van der Waals surface area contributed by atoms with Crippen molar-refractivity contribution in [2.75, 3.05) is 19.8 Å². The predicted octanol–water partition coefficient (Wildman–Crippen LogP) is 3.63. The Balaban J connectivity index is 1.51. The molecule has 0 amide bonds. The number of aryl methyl sites for hydroxylation is 1. The number of ether oxygens (including phenoxy) is 6. The molecule has 0 radical (unpaired) electrons. The number of fused-ring (bicyclic) bond motifs is 3. The van der Waals surface area contributed by atoms with Crippen LogP contribution in [0.15, 0.2) is 54.1 Å². The fourth-order valence-electron chi connectivity index (χ4n) is 7.31. The molecule has 3 aliphatic heterocycles. The zero-order valence-electron chi connectivity index (χ0n) is 28.9. The molecule has 4 aliphatic rings. The maximum Gasteiger partial charge on any atom is 0.331 e. The Bertz CT molecular complexity index is 1450. The van der Waals surface area contributed by atoms with E-state index >= 15 is 0 Å². The molecule has 48 heavy (non-hydrogen) atoms. The molecule has 5 rings (SSSR count). The fourth-order valence-corrected chi connectivity index (χ4v) is 7.31. The summed E-state index contributed by atoms with van der Waals surface area (Å²) in [6, 6.07) is 0. The third kappa shape index (κ3) is 7.69. The summed E-state index contributed by atoms with van der Waals surface area (Å²) < 4.78 is 38.6. The Morgan fingerprint density at radius 3 is 2.67 bits per heavy atom. The number of hydrogen-bond donors (Lipinski definition) is 2. The summed E-state index contributed by atoms with van der Waals surface area (Å²) in [4.78, 5) is 29.5. The van der Waals surface area contributed by atoms with Gasteiger partial charge in [0.25, 0.3) is 0 Å². The monoisotopic (exact) mass is 670 g/mol. The first-order chi connectivity index (χ1) is 22.7. The molecule has 0 saturated carbocycles. The third-order valence-corrected chi connectivity index (χ3v) is 9.93. The number of imidazole rings is 1. The van der Waals surface area contributed by atoms with Crippen molar-refractivity contribution in [3.63, 3.8) is 0 Å². The lowest BCUT2D eigenvalue weighted by molar-refractivity contribution is -0.278. The minimum Gasteiger partial charge on any atom is -0.456 e. The van der Waals surface area contributed by atoms with E-state index in [0.717, 1.165) is 6.42 Å². The first kappa shape index (κ1) is 36.2. The molecule has 4 heterocycles. The second-order valence-corrected chi connectivity index (χ2v) is 13.8. The van der Waals surface area contributed by atoms with Gasteiger partial charge in [0.15, 0.2) is 12.4 Å². The van der Waals surface area contributed by atoms with Crippen LogP contribution in [0.5, 0.6) is 0 Å². The number of aliphatic hydroxyl groups is 2. The van der Waals surface area contributed by atoms with Crippen molar-refractivity contribution in [2.24, 2.45) is 30.7 Å². The van der Waals surface area contributed by atoms with Crippen LogP contribution in [0.2, 0.25) is 0 Å². The van der Waals surface area contributed by atoms with Crippen LogP contribution in [0.3, 0.4) is 0 Å². The quantitative estimate of drug-likeness (QED) is 0.214. The molecule has 2 bridgehead atoms. The number of rotatable bonds is 10. The van der Waals surface area contributed by atoms with E-state index < -0.39 is 54.0 Å². The van der Waals surface area contributed by atoms with Crippen LogP contribution >= 0.6 is 0 Å². The summed E-state index contributed by atoms with van der Waals surface area (Å²) in [5, 5.41) is 20.9. The lowest BCUT2D eigenvalue weighted by Crippen LogP contribution is -2.55. The van der Waals surface area contributed by atoms with E-state index in [2.05, 4.69) is 37.9 Å². The normalized spacial score (nSPS) is 37.6. The number of hydrogen-bond acceptors (Lipinski definition) is 11. The first-order valence-electron chi connectivity index (χ1n) is 16.8. The Morgan fingerprint density at radius 2 is 2.00 bits per heavy atom. The number of nitrogens with zero attached hydrogens (tertiary/aromatic N) is 2. The van der Waals surface area contributed by atoms with Gasteiger partial charge in [-0.1, -0.05) is 31.6 Å². The van der Waals surface area contributed by atoms with E-state index in [1.54, 1.807) is 17.0 Å². The predicted molar refractivity (Wildman–Crippen MR) is 175 cm³/mol. The Hall–Kier alpha value is -3.13. The lowest BCUT2D eigenvalue weighted by atomic mass is 9.65. The number of aromatic nitrogens is 2. The van der Waals surface area contributed by atoms with Gasteiger partial charge in [-0.2, -0.15) is 0 Å². The highest BCUT2D eigenvalue weighted by atomic mass is 16.7. The van der Waals surface area contributed by atoms with Crippen molar-refractivity contribution in [1.82, 2.24) is 9.55 Å². The second-order valence-electron chi connectivity index (χ2n) is 13.8. The molecule has 2 N–H and O–H groups in total. The first-order valence-corrected chi connectivity index (χ1v) is 16.8. The van der Waals surface area contributed by atoms with Crippen molar-refractivity contribution in [3.05, 3.63) is 59.7 Å². The summed E-state index contributed by atoms with van der Waals surface area (Å²) in [6.45, 7) is 11.6. The summed E-state index contributed by atoms with van der Waals surface area (Å²) in [5.74, 6) is -1.89. The van der Waals surface area contributed by atoms with Gasteiger partial charge in [-0.15, -0.1) is 0 Å². The van der Waals surface area contributed by atoms with E-state index in [-0.39, 0.29) is 31.0 Å². The third-order valence-electron chi connectivity index (χ3n) is 9.93. The molecule has 0 aromatic carbocycles. The van der Waals surface area contributed by atoms with Gasteiger partial charge in [0, 0.05) is 38.4 Å². The summed E-state index contributed by atoms with van der Waals surface area (Å²) in [7, 11) is 1.86. The molecule has 0 spiro atoms. The molecule has 1 aromatic rings. The number of esters is 2. The van der Waals surface area contributed by atoms with E-state index in [1.807, 2.05) is 39.2 Å². The zero-order chi connectivity index (χ0) is 34.8. The van der Waals surface area contributed by atoms with Gasteiger partial charge in [0.05, 0.1) is 25.2 Å². The van der Waals surface area contributed by atoms with Crippen LogP contribution in [0.25, 0.3) is 6.08 Å². The summed E-state index contributed by atoms with van der Waals surface area (Å²) in [6.07, 6.45) is 10.4. The van der Waals surface area contributed by atoms with Gasteiger partial charge >= 0.3 is 11.9 Å². The molecule has 1 fully saturated rings. The van der Waals surface area contributed by atoms with E-state index in [1.165, 1.54) is 18.6 Å². The molecule has 10 atom stereocenters. The van der Waals surface area contributed by atoms with Crippen LogP contribution in [-0.2, 0) is 45.1 Å². The van der Waals surface area contributed by atoms with E-state index in [9.17, 15) is 19.8 Å². The van der Waals surface area contributed by atoms with Gasteiger partial charge in [-0.25, -0.2) is 9.78 Å². The summed E-state index contributed by atoms with van der Waals surface area (Å²) >= 11 is 0. The molecule has 264 valence electrons. The van der Waals surface area contributed by atoms with Crippen molar-refractivity contribution < 1.29 is 48.2 Å². The smallest absolute Gasteiger partial charge is 0.331 e. The molecule has 1 aromatic heterocycles. The van der Waals surface area contributed by atoms with Crippen LogP contribution < -0.4 is 0 Å². The van der Waals surface area contributed by atoms with Gasteiger partial charge in [-0.05, 0) is 75.5 Å². The zero-order valence-corrected chi connectivity index (χ0v) is 28.9. The van der Waals surface area contributed by atoms with E-state index in [0.29, 0.717) is 30.2 Å². The molecular weight excluding hydrogens is 620 g/mol. The second kappa shape index (κ2) is 14.8. The van der Waals surface area contributed by atoms with Crippen LogP contribution in [0, 0.1) is 23.7 Å². The number of aliphatic hydroxyl groups excluding tert-OH is 2. The average molecular weight is 671 g/mol. The molecule has 1 saturated heterocycles. The molecular formula is C36H50N2O10. The van der Waals surface area contributed by atoms with Crippen LogP contribution in [0.1, 0.15) is 60.1 Å². The Labute approximate surface area is 282 Å². The maximum atomic E-state index is 13.3. The highest BCUT2D eigenvalue weighted by Crippen LogP contribution is 2.50. The molecule has 12 heteroatoms. The highest BCUT2D eigenvalue weighted by Gasteiger charge is 2.54. The average Bonchev–Trinajstić information content (AvgIpc) is 3.61. The van der Waals surface area contributed by atoms with Crippen LogP contribution in [0.4, 0.5) is 0 Å². The summed E-state index contributed by atoms with van der Waals surface area (Å²) in [5.41, 5.74) is 1.46. The van der Waals surface area contributed by atoms with E-state index in [4.69, 9.17) is 28.4 Å². The molecule has 1 aliphatic carbocycles. The van der Waals surface area contributed by atoms with Crippen molar-refractivity contribution in [2.45, 2.75) is 96.5 Å². The number of carbonyl (C=O) groups excluding carboxylic acids is 2. The maximum absolute atomic E-state index is 13.3. The Morgan fingerprint density at radius 1 is 1.23 bits per heavy atom. The number of allylic oxidation sites excluding steroid dienone is 3. The standard InChI is InChI=1S/C36H50N2O10/c1-8-45-36-14-13-35(6,48-36)30(47-31(41)12-10-25-17-38(7)20-37-25)16-27-22(4)9-11-26(21(2)3)28(27)15-24(36)18-43-34-33(46-23(5)39)32(42)29(40)19-44-34/h9-10,12-15,17,20-21,26-30,32-34,40,42H,8,11,16,18-19H2,1-7H3/b12-10+,24-15-/t26-,27+,28-,29-,30+,32-,33+,34-,35+,36-/m1/s1. The van der Waals surface area contributed by atoms with Gasteiger partial charge in [0.2, 0.25) is 5.79 Å². The largest absolute Gasteiger partial charge is 0.456 e. The lowest BCUT2D eigenvalue weighted by Gasteiger charge is -2.41. The molecule has 12 nitrogen and oxygen atoms in total. The van der Waals surface area contributed by atoms with Crippen molar-refractivity contribution >= 4 is 18.0 Å². The Kier molecular flexibility index (Phi) is 11.1. The van der Waals surface area contributed by atoms with Crippen LogP contribution in [-0.4, -0.2) is 93.6 Å². The SMILES string of the molecule is CCO[C@]12C=C[C@](C)(O1)[C@@H](OC(=O)/C=C/c1cn(C)cn1)C[C@H]1C(C)=CC[C@H](C(C)C)[C@H]1/C=C\2CO[C@@H]1OC[C@@H](O)[C@@H](O)[C@@H]1OC(C)=O. The van der Waals surface area contributed by atoms with Crippen molar-refractivity contribution in [3.8, 4) is 0 Å². The highest BCUT2D eigenvalue weighted by molar-refractivity contribution is 5.86. The minimum absolute atomic E-state index is 0.0140.